The standard InChI is InChI=1S/C17H18ClN3O3/c1-11(24-2)16(22)19-14-7-4-8-15(10-14)21-17(23)20-13-6-3-5-12(18)9-13/h3-11H,1-2H3,(H,19,22)(H2,20,21,23). The molecule has 0 bridgehead atoms. The van der Waals surface area contributed by atoms with Gasteiger partial charge in [0.05, 0.1) is 0 Å². The van der Waals surface area contributed by atoms with E-state index in [4.69, 9.17) is 16.3 Å². The number of urea groups is 1. The lowest BCUT2D eigenvalue weighted by molar-refractivity contribution is -0.124. The largest absolute Gasteiger partial charge is 0.372 e. The Morgan fingerprint density at radius 3 is 2.08 bits per heavy atom. The highest BCUT2D eigenvalue weighted by molar-refractivity contribution is 6.30. The van der Waals surface area contributed by atoms with Crippen molar-refractivity contribution in [1.82, 2.24) is 0 Å². The zero-order chi connectivity index (χ0) is 17.5. The molecule has 2 aromatic carbocycles. The molecule has 2 rings (SSSR count). The molecule has 1 atom stereocenters. The van der Waals surface area contributed by atoms with Crippen molar-refractivity contribution in [3.05, 3.63) is 53.6 Å². The van der Waals surface area contributed by atoms with Gasteiger partial charge in [0.2, 0.25) is 0 Å². The Labute approximate surface area is 145 Å². The predicted molar refractivity (Wildman–Crippen MR) is 95.6 cm³/mol. The first-order valence-electron chi connectivity index (χ1n) is 7.25. The van der Waals surface area contributed by atoms with E-state index in [0.29, 0.717) is 22.1 Å². The Morgan fingerprint density at radius 1 is 0.958 bits per heavy atom. The number of hydrogen-bond acceptors (Lipinski definition) is 3. The monoisotopic (exact) mass is 347 g/mol. The summed E-state index contributed by atoms with van der Waals surface area (Å²) in [6.07, 6.45) is -0.562. The highest BCUT2D eigenvalue weighted by Gasteiger charge is 2.12. The first kappa shape index (κ1) is 17.8. The summed E-state index contributed by atoms with van der Waals surface area (Å²) in [7, 11) is 1.46. The molecule has 0 saturated carbocycles. The minimum atomic E-state index is -0.562. The number of rotatable bonds is 5. The van der Waals surface area contributed by atoms with E-state index in [2.05, 4.69) is 16.0 Å². The van der Waals surface area contributed by atoms with Gasteiger partial charge in [-0.1, -0.05) is 23.7 Å². The molecule has 0 fully saturated rings. The van der Waals surface area contributed by atoms with E-state index in [0.717, 1.165) is 0 Å². The van der Waals surface area contributed by atoms with E-state index in [1.807, 2.05) is 0 Å². The van der Waals surface area contributed by atoms with E-state index in [9.17, 15) is 9.59 Å². The van der Waals surface area contributed by atoms with Crippen molar-refractivity contribution in [2.24, 2.45) is 0 Å². The molecule has 0 aliphatic heterocycles. The van der Waals surface area contributed by atoms with Crippen LogP contribution in [0.2, 0.25) is 5.02 Å². The molecule has 6 nitrogen and oxygen atoms in total. The number of methoxy groups -OCH3 is 1. The average molecular weight is 348 g/mol. The Bertz CT molecular complexity index is 737. The van der Waals surface area contributed by atoms with Crippen LogP contribution in [0, 0.1) is 0 Å². The van der Waals surface area contributed by atoms with Crippen molar-refractivity contribution >= 4 is 40.6 Å². The van der Waals surface area contributed by atoms with Crippen LogP contribution in [0.5, 0.6) is 0 Å². The Kier molecular flexibility index (Phi) is 6.17. The smallest absolute Gasteiger partial charge is 0.323 e. The zero-order valence-electron chi connectivity index (χ0n) is 13.3. The predicted octanol–water partition coefficient (Wildman–Crippen LogP) is 3.96. The van der Waals surface area contributed by atoms with Crippen LogP contribution in [-0.2, 0) is 9.53 Å². The van der Waals surface area contributed by atoms with Gasteiger partial charge in [0, 0.05) is 29.2 Å². The van der Waals surface area contributed by atoms with Gasteiger partial charge in [0.25, 0.3) is 5.91 Å². The summed E-state index contributed by atoms with van der Waals surface area (Å²) in [5.74, 6) is -0.266. The SMILES string of the molecule is COC(C)C(=O)Nc1cccc(NC(=O)Nc2cccc(Cl)c2)c1. The number of halogens is 1. The average Bonchev–Trinajstić information content (AvgIpc) is 2.54. The summed E-state index contributed by atoms with van der Waals surface area (Å²) in [4.78, 5) is 23.8. The van der Waals surface area contributed by atoms with Crippen molar-refractivity contribution in [3.8, 4) is 0 Å². The third-order valence-electron chi connectivity index (χ3n) is 3.19. The maximum absolute atomic E-state index is 12.0. The van der Waals surface area contributed by atoms with Gasteiger partial charge in [0.1, 0.15) is 6.10 Å². The van der Waals surface area contributed by atoms with Gasteiger partial charge in [-0.05, 0) is 43.3 Å². The Hall–Kier alpha value is -2.57. The van der Waals surface area contributed by atoms with E-state index >= 15 is 0 Å². The number of carbonyl (C=O) groups is 2. The number of nitrogens with one attached hydrogen (secondary N) is 3. The Balaban J connectivity index is 1.98. The van der Waals surface area contributed by atoms with Gasteiger partial charge in [0.15, 0.2) is 0 Å². The third-order valence-corrected chi connectivity index (χ3v) is 3.43. The molecule has 3 amide bonds. The first-order valence-corrected chi connectivity index (χ1v) is 7.63. The van der Waals surface area contributed by atoms with Crippen molar-refractivity contribution < 1.29 is 14.3 Å². The van der Waals surface area contributed by atoms with Crippen LogP contribution in [0.15, 0.2) is 48.5 Å². The van der Waals surface area contributed by atoms with E-state index in [1.54, 1.807) is 55.5 Å². The molecule has 0 aliphatic carbocycles. The summed E-state index contributed by atoms with van der Waals surface area (Å²) in [5.41, 5.74) is 1.68. The van der Waals surface area contributed by atoms with E-state index in [1.165, 1.54) is 7.11 Å². The molecule has 126 valence electrons. The second kappa shape index (κ2) is 8.33. The highest BCUT2D eigenvalue weighted by atomic mass is 35.5. The molecule has 0 saturated heterocycles. The number of hydrogen-bond donors (Lipinski definition) is 3. The summed E-state index contributed by atoms with van der Waals surface area (Å²) in [6, 6.07) is 13.2. The molecular weight excluding hydrogens is 330 g/mol. The number of amides is 3. The van der Waals surface area contributed by atoms with Crippen molar-refractivity contribution in [1.29, 1.82) is 0 Å². The Morgan fingerprint density at radius 2 is 1.50 bits per heavy atom. The number of carbonyl (C=O) groups excluding carboxylic acids is 2. The molecule has 0 heterocycles. The van der Waals surface area contributed by atoms with Crippen LogP contribution in [0.3, 0.4) is 0 Å². The second-order valence-electron chi connectivity index (χ2n) is 5.04. The molecule has 0 spiro atoms. The maximum Gasteiger partial charge on any atom is 0.323 e. The highest BCUT2D eigenvalue weighted by Crippen LogP contribution is 2.17. The van der Waals surface area contributed by atoms with Crippen LogP contribution in [0.4, 0.5) is 21.9 Å². The molecule has 0 radical (unpaired) electrons. The van der Waals surface area contributed by atoms with E-state index < -0.39 is 12.1 Å². The minimum absolute atomic E-state index is 0.266. The molecule has 0 aliphatic rings. The fraction of sp³-hybridized carbons (Fsp3) is 0.176. The molecule has 24 heavy (non-hydrogen) atoms. The lowest BCUT2D eigenvalue weighted by Crippen LogP contribution is -2.26. The van der Waals surface area contributed by atoms with Crippen molar-refractivity contribution in [2.75, 3.05) is 23.1 Å². The summed E-state index contributed by atoms with van der Waals surface area (Å²) >= 11 is 5.87. The van der Waals surface area contributed by atoms with Crippen LogP contribution in [0.25, 0.3) is 0 Å². The zero-order valence-corrected chi connectivity index (χ0v) is 14.1. The molecule has 0 aromatic heterocycles. The van der Waals surface area contributed by atoms with Crippen molar-refractivity contribution in [3.63, 3.8) is 0 Å². The number of anilines is 3. The molecule has 1 unspecified atom stereocenters. The second-order valence-corrected chi connectivity index (χ2v) is 5.47. The van der Waals surface area contributed by atoms with Crippen LogP contribution >= 0.6 is 11.6 Å². The summed E-state index contributed by atoms with van der Waals surface area (Å²) in [5, 5.41) is 8.61. The van der Waals surface area contributed by atoms with Gasteiger partial charge >= 0.3 is 6.03 Å². The molecular formula is C17H18ClN3O3. The molecule has 3 N–H and O–H groups in total. The van der Waals surface area contributed by atoms with E-state index in [-0.39, 0.29) is 5.91 Å². The number of ether oxygens (including phenoxy) is 1. The van der Waals surface area contributed by atoms with Gasteiger partial charge in [-0.25, -0.2) is 4.79 Å². The lowest BCUT2D eigenvalue weighted by Gasteiger charge is -2.12. The summed E-state index contributed by atoms with van der Waals surface area (Å²) < 4.78 is 4.95. The third kappa shape index (κ3) is 5.26. The minimum Gasteiger partial charge on any atom is -0.372 e. The van der Waals surface area contributed by atoms with Crippen LogP contribution < -0.4 is 16.0 Å². The molecule has 2 aromatic rings. The number of benzene rings is 2. The van der Waals surface area contributed by atoms with Crippen molar-refractivity contribution in [2.45, 2.75) is 13.0 Å². The van der Waals surface area contributed by atoms with Gasteiger partial charge in [-0.2, -0.15) is 0 Å². The van der Waals surface area contributed by atoms with Gasteiger partial charge in [-0.3, -0.25) is 4.79 Å². The first-order chi connectivity index (χ1) is 11.5. The van der Waals surface area contributed by atoms with Gasteiger partial charge < -0.3 is 20.7 Å². The van der Waals surface area contributed by atoms with Crippen LogP contribution in [-0.4, -0.2) is 25.2 Å². The quantitative estimate of drug-likeness (QED) is 0.766. The lowest BCUT2D eigenvalue weighted by atomic mass is 10.2. The summed E-state index contributed by atoms with van der Waals surface area (Å²) in [6.45, 7) is 1.65. The normalized spacial score (nSPS) is 11.5. The maximum atomic E-state index is 12.0. The van der Waals surface area contributed by atoms with Gasteiger partial charge in [-0.15, -0.1) is 0 Å². The fourth-order valence-corrected chi connectivity index (χ4v) is 2.08. The topological polar surface area (TPSA) is 79.5 Å². The fourth-order valence-electron chi connectivity index (χ4n) is 1.89. The van der Waals surface area contributed by atoms with Crippen LogP contribution in [0.1, 0.15) is 6.92 Å². The molecule has 7 heteroatoms.